The first kappa shape index (κ1) is 33.5. The lowest BCUT2D eigenvalue weighted by atomic mass is 9.72. The maximum atomic E-state index is 13.3. The number of aliphatic hydroxyl groups excluding tert-OH is 2. The van der Waals surface area contributed by atoms with E-state index in [2.05, 4.69) is 0 Å². The van der Waals surface area contributed by atoms with Crippen LogP contribution in [0.3, 0.4) is 0 Å². The number of fused-ring (bicyclic) bond motifs is 1. The molecule has 2 aromatic carbocycles. The molecule has 0 aliphatic heterocycles. The van der Waals surface area contributed by atoms with Crippen LogP contribution in [0.2, 0.25) is 0 Å². The van der Waals surface area contributed by atoms with Gasteiger partial charge < -0.3 is 31.1 Å². The van der Waals surface area contributed by atoms with Crippen LogP contribution in [-0.4, -0.2) is 64.7 Å². The normalized spacial score (nSPS) is 16.2. The standard InChI is InChI=1S/C30H35F3N2O8/c1-2-43-26-6-3-17(12-19(26)14-35-29(42)30(31,32)33)20-4-5-23(38)28-21(20)10-16(11-25(28)40)9-18(7-8-36)22(15-37)24(39)13-27(34)41/h3-6,12,16,18,22,36-38H,2,7-11,13-15H2,1H3,(H2,34,41)(H,35,42). The third kappa shape index (κ3) is 8.32. The molecule has 6 N–H and O–H groups in total. The van der Waals surface area contributed by atoms with Crippen molar-refractivity contribution in [2.24, 2.45) is 23.5 Å². The smallest absolute Gasteiger partial charge is 0.471 e. The molecule has 3 rings (SSSR count). The first-order valence-electron chi connectivity index (χ1n) is 13.8. The number of carbonyl (C=O) groups excluding carboxylic acids is 4. The van der Waals surface area contributed by atoms with E-state index in [0.717, 1.165) is 0 Å². The minimum Gasteiger partial charge on any atom is -0.507 e. The molecular formula is C30H35F3N2O8. The molecule has 0 fully saturated rings. The number of halogens is 3. The molecule has 10 nitrogen and oxygen atoms in total. The van der Waals surface area contributed by atoms with Crippen LogP contribution in [-0.2, 0) is 27.3 Å². The van der Waals surface area contributed by atoms with Crippen LogP contribution in [0.1, 0.15) is 54.1 Å². The Morgan fingerprint density at radius 1 is 1.14 bits per heavy atom. The number of carbonyl (C=O) groups is 4. The summed E-state index contributed by atoms with van der Waals surface area (Å²) in [5.41, 5.74) is 7.04. The van der Waals surface area contributed by atoms with Crippen molar-refractivity contribution in [3.63, 3.8) is 0 Å². The van der Waals surface area contributed by atoms with Crippen molar-refractivity contribution >= 4 is 23.4 Å². The number of nitrogens with two attached hydrogens (primary N) is 1. The fraction of sp³-hybridized carbons (Fsp3) is 0.467. The summed E-state index contributed by atoms with van der Waals surface area (Å²) in [5, 5.41) is 32.0. The third-order valence-electron chi connectivity index (χ3n) is 7.57. The summed E-state index contributed by atoms with van der Waals surface area (Å²) in [4.78, 5) is 48.6. The number of alkyl halides is 3. The van der Waals surface area contributed by atoms with Crippen LogP contribution < -0.4 is 15.8 Å². The molecule has 0 radical (unpaired) electrons. The Balaban J connectivity index is 1.98. The van der Waals surface area contributed by atoms with Gasteiger partial charge in [-0.05, 0) is 72.9 Å². The topological polar surface area (TPSA) is 176 Å². The van der Waals surface area contributed by atoms with Crippen LogP contribution in [0.4, 0.5) is 13.2 Å². The number of ketones is 2. The first-order valence-corrected chi connectivity index (χ1v) is 13.8. The van der Waals surface area contributed by atoms with Gasteiger partial charge in [0.1, 0.15) is 17.3 Å². The van der Waals surface area contributed by atoms with Crippen molar-refractivity contribution in [3.05, 3.63) is 47.0 Å². The van der Waals surface area contributed by atoms with Crippen molar-refractivity contribution in [2.45, 2.75) is 51.7 Å². The zero-order valence-corrected chi connectivity index (χ0v) is 23.6. The molecular weight excluding hydrogens is 573 g/mol. The van der Waals surface area contributed by atoms with Gasteiger partial charge in [0.15, 0.2) is 5.78 Å². The number of ether oxygens (including phenoxy) is 1. The number of hydrogen-bond acceptors (Lipinski definition) is 8. The maximum absolute atomic E-state index is 13.3. The van der Waals surface area contributed by atoms with Gasteiger partial charge >= 0.3 is 12.1 Å². The highest BCUT2D eigenvalue weighted by molar-refractivity contribution is 6.03. The molecule has 43 heavy (non-hydrogen) atoms. The zero-order chi connectivity index (χ0) is 31.9. The lowest BCUT2D eigenvalue weighted by Gasteiger charge is -2.31. The van der Waals surface area contributed by atoms with Crippen molar-refractivity contribution < 1.29 is 52.4 Å². The number of amides is 2. The Morgan fingerprint density at radius 2 is 1.86 bits per heavy atom. The van der Waals surface area contributed by atoms with Crippen molar-refractivity contribution in [1.82, 2.24) is 5.32 Å². The number of hydrogen-bond donors (Lipinski definition) is 5. The van der Waals surface area contributed by atoms with E-state index in [-0.39, 0.29) is 73.2 Å². The molecule has 0 bridgehead atoms. The van der Waals surface area contributed by atoms with Crippen LogP contribution in [0.25, 0.3) is 11.1 Å². The lowest BCUT2D eigenvalue weighted by Crippen LogP contribution is -2.36. The number of nitrogens with one attached hydrogen (secondary N) is 1. The van der Waals surface area contributed by atoms with E-state index < -0.39 is 55.2 Å². The van der Waals surface area contributed by atoms with E-state index in [1.54, 1.807) is 31.2 Å². The van der Waals surface area contributed by atoms with Gasteiger partial charge in [0.05, 0.1) is 25.2 Å². The third-order valence-corrected chi connectivity index (χ3v) is 7.57. The summed E-state index contributed by atoms with van der Waals surface area (Å²) < 4.78 is 43.9. The summed E-state index contributed by atoms with van der Waals surface area (Å²) in [6, 6.07) is 7.67. The zero-order valence-electron chi connectivity index (χ0n) is 23.6. The summed E-state index contributed by atoms with van der Waals surface area (Å²) in [6.07, 6.45) is -4.97. The molecule has 2 aromatic rings. The predicted molar refractivity (Wildman–Crippen MR) is 148 cm³/mol. The average molecular weight is 609 g/mol. The molecule has 1 aliphatic carbocycles. The number of primary amides is 1. The number of benzene rings is 2. The molecule has 3 atom stereocenters. The van der Waals surface area contributed by atoms with Gasteiger partial charge in [0.25, 0.3) is 0 Å². The largest absolute Gasteiger partial charge is 0.507 e. The predicted octanol–water partition coefficient (Wildman–Crippen LogP) is 2.82. The van der Waals surface area contributed by atoms with Gasteiger partial charge in [-0.15, -0.1) is 0 Å². The Hall–Kier alpha value is -3.97. The van der Waals surface area contributed by atoms with Crippen LogP contribution in [0.15, 0.2) is 30.3 Å². The molecule has 0 spiro atoms. The second kappa shape index (κ2) is 14.5. The highest BCUT2D eigenvalue weighted by Gasteiger charge is 2.38. The van der Waals surface area contributed by atoms with Crippen LogP contribution >= 0.6 is 0 Å². The SMILES string of the molecule is CCOc1ccc(-c2ccc(O)c3c2CC(CC(CCO)C(CO)C(=O)CC(N)=O)CC3=O)cc1CNC(=O)C(F)(F)F. The van der Waals surface area contributed by atoms with Gasteiger partial charge in [-0.25, -0.2) is 0 Å². The van der Waals surface area contributed by atoms with E-state index >= 15 is 0 Å². The average Bonchev–Trinajstić information content (AvgIpc) is 2.92. The van der Waals surface area contributed by atoms with Gasteiger partial charge in [0.2, 0.25) is 5.91 Å². The summed E-state index contributed by atoms with van der Waals surface area (Å²) >= 11 is 0. The molecule has 0 aromatic heterocycles. The second-order valence-electron chi connectivity index (χ2n) is 10.5. The van der Waals surface area contributed by atoms with Gasteiger partial charge in [-0.2, -0.15) is 13.2 Å². The van der Waals surface area contributed by atoms with E-state index in [1.807, 2.05) is 5.32 Å². The molecule has 0 saturated heterocycles. The van der Waals surface area contributed by atoms with Crippen molar-refractivity contribution in [1.29, 1.82) is 0 Å². The summed E-state index contributed by atoms with van der Waals surface area (Å²) in [5.74, 6) is -5.74. The number of aliphatic hydroxyl groups is 2. The lowest BCUT2D eigenvalue weighted by molar-refractivity contribution is -0.173. The van der Waals surface area contributed by atoms with E-state index in [0.29, 0.717) is 16.7 Å². The van der Waals surface area contributed by atoms with E-state index in [9.17, 15) is 47.7 Å². The highest BCUT2D eigenvalue weighted by atomic mass is 19.4. The second-order valence-corrected chi connectivity index (χ2v) is 10.5. The molecule has 0 heterocycles. The van der Waals surface area contributed by atoms with Gasteiger partial charge in [0, 0.05) is 31.1 Å². The summed E-state index contributed by atoms with van der Waals surface area (Å²) in [7, 11) is 0. The molecule has 13 heteroatoms. The number of Topliss-reactive ketones (excluding diaryl/α,β-unsaturated/α-hetero) is 2. The Labute approximate surface area is 246 Å². The molecule has 1 aliphatic rings. The fourth-order valence-electron chi connectivity index (χ4n) is 5.67. The number of rotatable bonds is 14. The Kier molecular flexibility index (Phi) is 11.3. The summed E-state index contributed by atoms with van der Waals surface area (Å²) in [6.45, 7) is 0.569. The quantitative estimate of drug-likeness (QED) is 0.203. The maximum Gasteiger partial charge on any atom is 0.471 e. The van der Waals surface area contributed by atoms with E-state index in [1.165, 1.54) is 6.07 Å². The number of aromatic hydroxyl groups is 1. The van der Waals surface area contributed by atoms with Gasteiger partial charge in [-0.3, -0.25) is 19.2 Å². The van der Waals surface area contributed by atoms with Crippen LogP contribution in [0.5, 0.6) is 11.5 Å². The monoisotopic (exact) mass is 608 g/mol. The van der Waals surface area contributed by atoms with Crippen molar-refractivity contribution in [3.8, 4) is 22.6 Å². The number of phenols is 1. The minimum absolute atomic E-state index is 0.0199. The van der Waals surface area contributed by atoms with Crippen LogP contribution in [0, 0.1) is 17.8 Å². The molecule has 234 valence electrons. The molecule has 3 unspecified atom stereocenters. The molecule has 0 saturated carbocycles. The highest BCUT2D eigenvalue weighted by Crippen LogP contribution is 2.42. The van der Waals surface area contributed by atoms with E-state index in [4.69, 9.17) is 10.5 Å². The fourth-order valence-corrected chi connectivity index (χ4v) is 5.67. The minimum atomic E-state index is -5.07. The molecule has 2 amide bonds. The number of phenolic OH excluding ortho intramolecular Hbond substituents is 1. The Morgan fingerprint density at radius 3 is 2.47 bits per heavy atom. The van der Waals surface area contributed by atoms with Gasteiger partial charge in [-0.1, -0.05) is 12.1 Å². The first-order chi connectivity index (χ1) is 20.3. The Bertz CT molecular complexity index is 1360. The van der Waals surface area contributed by atoms with Crippen molar-refractivity contribution in [2.75, 3.05) is 19.8 Å².